The molecule has 3 unspecified atom stereocenters. The summed E-state index contributed by atoms with van der Waals surface area (Å²) in [6.07, 6.45) is -2.15. The molecule has 3 heterocycles. The van der Waals surface area contributed by atoms with Gasteiger partial charge >= 0.3 is 0 Å². The number of imidazole rings is 1. The molecule has 1 aliphatic rings. The first-order chi connectivity index (χ1) is 14.5. The molecule has 0 aliphatic carbocycles. The largest absolute Gasteiger partial charge is 0.756 e. The van der Waals surface area contributed by atoms with Crippen molar-refractivity contribution in [1.82, 2.24) is 19.5 Å². The second kappa shape index (κ2) is 8.34. The van der Waals surface area contributed by atoms with Crippen LogP contribution in [0.15, 0.2) is 11.1 Å². The van der Waals surface area contributed by atoms with Crippen LogP contribution in [0.4, 0.5) is 10.3 Å². The minimum Gasteiger partial charge on any atom is -0.756 e. The quantitative estimate of drug-likeness (QED) is 0.323. The van der Waals surface area contributed by atoms with Crippen molar-refractivity contribution in [2.24, 2.45) is 0 Å². The van der Waals surface area contributed by atoms with Crippen molar-refractivity contribution in [2.75, 3.05) is 12.3 Å². The normalized spacial score (nSPS) is 29.4. The number of nitrogen functional groups attached to an aromatic ring is 1. The number of aromatic nitrogens is 4. The van der Waals surface area contributed by atoms with E-state index < -0.39 is 60.1 Å². The number of rotatable bonds is 8. The first kappa shape index (κ1) is 25.1. The molecule has 1 fully saturated rings. The van der Waals surface area contributed by atoms with Crippen LogP contribution < -0.4 is 26.0 Å². The van der Waals surface area contributed by atoms with E-state index in [4.69, 9.17) is 15.4 Å². The maximum absolute atomic E-state index is 15.1. The average molecular weight is 520 g/mol. The van der Waals surface area contributed by atoms with Crippen LogP contribution in [0.3, 0.4) is 0 Å². The molecular formula is C11H14FN5O12P3-3. The van der Waals surface area contributed by atoms with Gasteiger partial charge in [-0.15, -0.1) is 0 Å². The second-order valence-electron chi connectivity index (χ2n) is 6.69. The third-order valence-corrected chi connectivity index (χ3v) is 7.68. The predicted molar refractivity (Wildman–Crippen MR) is 93.8 cm³/mol. The molecule has 0 amide bonds. The minimum absolute atomic E-state index is 0.116. The number of nitrogens with zero attached hydrogens (tertiary/aromatic N) is 3. The minimum atomic E-state index is -6.07. The predicted octanol–water partition coefficient (Wildman–Crippen LogP) is -1.84. The van der Waals surface area contributed by atoms with Crippen LogP contribution in [0.25, 0.3) is 11.2 Å². The lowest BCUT2D eigenvalue weighted by atomic mass is 10.0. The molecule has 17 nitrogen and oxygen atoms in total. The number of phosphoric ester groups is 1. The first-order valence-corrected chi connectivity index (χ1v) is 12.7. The topological polar surface area (TPSA) is 267 Å². The molecule has 0 bridgehead atoms. The van der Waals surface area contributed by atoms with E-state index in [9.17, 15) is 33.2 Å². The van der Waals surface area contributed by atoms with Crippen molar-refractivity contribution >= 4 is 40.6 Å². The zero-order valence-corrected chi connectivity index (χ0v) is 18.4. The number of alkyl halides is 1. The summed E-state index contributed by atoms with van der Waals surface area (Å²) in [7, 11) is -17.7. The Kier molecular flexibility index (Phi) is 6.54. The molecular weight excluding hydrogens is 506 g/mol. The summed E-state index contributed by atoms with van der Waals surface area (Å²) in [5.41, 5.74) is 2.34. The van der Waals surface area contributed by atoms with Gasteiger partial charge in [0.2, 0.25) is 5.95 Å². The van der Waals surface area contributed by atoms with Crippen molar-refractivity contribution in [2.45, 2.75) is 31.3 Å². The first-order valence-electron chi connectivity index (χ1n) is 8.28. The van der Waals surface area contributed by atoms with E-state index in [0.717, 1.165) is 17.8 Å². The highest BCUT2D eigenvalue weighted by atomic mass is 31.3. The van der Waals surface area contributed by atoms with E-state index in [1.165, 1.54) is 0 Å². The monoisotopic (exact) mass is 520 g/mol. The van der Waals surface area contributed by atoms with E-state index in [-0.39, 0.29) is 17.1 Å². The summed E-state index contributed by atoms with van der Waals surface area (Å²) >= 11 is 0. The molecule has 0 aromatic carbocycles. The fraction of sp³-hybridized carbons (Fsp3) is 0.545. The molecule has 1 saturated heterocycles. The number of nitrogens with two attached hydrogens (primary N) is 1. The molecule has 0 saturated carbocycles. The Labute approximate surface area is 176 Å². The standard InChI is InChI=1S/C11H17FN5O12P3/c1-11(12)2-5(3-26-31(22,23)29-32(24,25)28-30(19,20)21)27-9(11)17-4-14-6-7(17)15-10(13)16-8(6)18/h4-5,9H,2-3H2,1H3,(H,22,23)(H,24,25)(H2,19,20,21)(H3,13,15,16,18)/p-3/t5-,9+,11+/m0/s1. The lowest BCUT2D eigenvalue weighted by Crippen LogP contribution is -2.27. The molecule has 2 aromatic heterocycles. The maximum Gasteiger partial charge on any atom is 0.280 e. The molecule has 180 valence electrons. The number of H-pyrrole nitrogens is 1. The fourth-order valence-electron chi connectivity index (χ4n) is 2.95. The number of hydrogen-bond donors (Lipinski definition) is 3. The van der Waals surface area contributed by atoms with Gasteiger partial charge in [0.25, 0.3) is 29.0 Å². The van der Waals surface area contributed by atoms with Gasteiger partial charge < -0.3 is 34.6 Å². The number of nitrogens with one attached hydrogen (secondary N) is 1. The number of hydrogen-bond acceptors (Lipinski definition) is 14. The Morgan fingerprint density at radius 3 is 2.66 bits per heavy atom. The molecule has 4 N–H and O–H groups in total. The van der Waals surface area contributed by atoms with Gasteiger partial charge in [-0.1, -0.05) is 0 Å². The van der Waals surface area contributed by atoms with E-state index in [1.807, 2.05) is 0 Å². The summed E-state index contributed by atoms with van der Waals surface area (Å²) in [5, 5.41) is 0. The zero-order chi connectivity index (χ0) is 24.1. The molecule has 1 aliphatic heterocycles. The SMILES string of the molecule is C[C@@]1(F)C[C@@H](COP(=O)([O-])OP(=O)([O-])OP(=O)([O-])O)O[C@H]1n1cnc2c(=O)[nH]c(N)nc21. The van der Waals surface area contributed by atoms with E-state index in [2.05, 4.69) is 28.1 Å². The second-order valence-corrected chi connectivity index (χ2v) is 11.0. The highest BCUT2D eigenvalue weighted by Crippen LogP contribution is 2.61. The van der Waals surface area contributed by atoms with Gasteiger partial charge in [-0.05, 0) is 6.92 Å². The van der Waals surface area contributed by atoms with Gasteiger partial charge in [0, 0.05) is 6.42 Å². The van der Waals surface area contributed by atoms with Gasteiger partial charge in [-0.25, -0.2) is 18.0 Å². The molecule has 32 heavy (non-hydrogen) atoms. The van der Waals surface area contributed by atoms with Crippen molar-refractivity contribution in [3.63, 3.8) is 0 Å². The third kappa shape index (κ3) is 5.87. The van der Waals surface area contributed by atoms with Crippen molar-refractivity contribution in [1.29, 1.82) is 0 Å². The van der Waals surface area contributed by atoms with Crippen LogP contribution in [0.2, 0.25) is 0 Å². The van der Waals surface area contributed by atoms with Gasteiger partial charge in [0.05, 0.1) is 19.0 Å². The van der Waals surface area contributed by atoms with Crippen LogP contribution in [-0.4, -0.2) is 42.8 Å². The van der Waals surface area contributed by atoms with Crippen molar-refractivity contribution in [3.05, 3.63) is 16.7 Å². The molecule has 21 heteroatoms. The highest BCUT2D eigenvalue weighted by Gasteiger charge is 2.48. The summed E-state index contributed by atoms with van der Waals surface area (Å²) < 4.78 is 65.8. The van der Waals surface area contributed by atoms with Crippen LogP contribution in [0, 0.1) is 0 Å². The number of ether oxygens (including phenoxy) is 1. The Balaban J connectivity index is 1.72. The van der Waals surface area contributed by atoms with E-state index in [0.29, 0.717) is 0 Å². The van der Waals surface area contributed by atoms with Crippen LogP contribution in [0.1, 0.15) is 19.6 Å². The highest BCUT2D eigenvalue weighted by molar-refractivity contribution is 7.65. The number of phosphoric acid groups is 3. The number of fused-ring (bicyclic) bond motifs is 1. The van der Waals surface area contributed by atoms with Crippen LogP contribution in [0.5, 0.6) is 0 Å². The van der Waals surface area contributed by atoms with Gasteiger partial charge in [-0.3, -0.25) is 28.0 Å². The number of halogens is 1. The lowest BCUT2D eigenvalue weighted by Gasteiger charge is -2.32. The van der Waals surface area contributed by atoms with Crippen LogP contribution >= 0.6 is 23.5 Å². The summed E-state index contributed by atoms with van der Waals surface area (Å²) in [5.74, 6) is -0.276. The number of aromatic amines is 1. The van der Waals surface area contributed by atoms with Gasteiger partial charge in [-0.2, -0.15) is 4.98 Å². The summed E-state index contributed by atoms with van der Waals surface area (Å²) in [6.45, 7) is 0.147. The smallest absolute Gasteiger partial charge is 0.280 e. The van der Waals surface area contributed by atoms with Gasteiger partial charge in [0.15, 0.2) is 23.1 Å². The van der Waals surface area contributed by atoms with Crippen molar-refractivity contribution < 1.29 is 55.5 Å². The molecule has 2 aromatic rings. The third-order valence-electron chi connectivity index (χ3n) is 3.99. The molecule has 6 atom stereocenters. The Bertz CT molecular complexity index is 1220. The zero-order valence-electron chi connectivity index (χ0n) is 15.7. The Morgan fingerprint density at radius 1 is 1.38 bits per heavy atom. The molecule has 0 spiro atoms. The Morgan fingerprint density at radius 2 is 2.03 bits per heavy atom. The van der Waals surface area contributed by atoms with Crippen molar-refractivity contribution in [3.8, 4) is 0 Å². The van der Waals surface area contributed by atoms with Gasteiger partial charge in [0.1, 0.15) is 0 Å². The Hall–Kier alpha value is -1.55. The fourth-order valence-corrected chi connectivity index (χ4v) is 5.86. The molecule has 0 radical (unpaired) electrons. The summed E-state index contributed by atoms with van der Waals surface area (Å²) in [6, 6.07) is 0. The summed E-state index contributed by atoms with van der Waals surface area (Å²) in [4.78, 5) is 63.4. The van der Waals surface area contributed by atoms with E-state index >= 15 is 4.39 Å². The van der Waals surface area contributed by atoms with Crippen LogP contribution in [-0.2, 0) is 31.6 Å². The average Bonchev–Trinajstić information content (AvgIpc) is 3.09. The van der Waals surface area contributed by atoms with E-state index in [1.54, 1.807) is 0 Å². The molecule has 3 rings (SSSR count). The number of anilines is 1. The lowest BCUT2D eigenvalue weighted by molar-refractivity contribution is -0.250. The maximum atomic E-state index is 15.1.